The van der Waals surface area contributed by atoms with E-state index >= 15 is 0 Å². The van der Waals surface area contributed by atoms with Crippen molar-refractivity contribution in [1.82, 2.24) is 10.3 Å². The van der Waals surface area contributed by atoms with E-state index < -0.39 is 0 Å². The lowest BCUT2D eigenvalue weighted by Gasteiger charge is -2.15. The summed E-state index contributed by atoms with van der Waals surface area (Å²) in [7, 11) is 2.01. The van der Waals surface area contributed by atoms with Gasteiger partial charge in [-0.3, -0.25) is 0 Å². The Morgan fingerprint density at radius 1 is 1.28 bits per heavy atom. The molecule has 0 aliphatic carbocycles. The Kier molecular flexibility index (Phi) is 4.80. The van der Waals surface area contributed by atoms with Gasteiger partial charge in [-0.1, -0.05) is 41.6 Å². The Balaban J connectivity index is 1.99. The topological polar surface area (TPSA) is 24.9 Å². The molecule has 1 unspecified atom stereocenters. The standard InChI is InChI=1S/C14H18N2S2/c1-10-4-6-12(7-5-10)13(15-3)9-18-14-16-11(2)8-17-14/h4-8,13,15H,9H2,1-3H3. The highest BCUT2D eigenvalue weighted by atomic mass is 32.2. The zero-order chi connectivity index (χ0) is 13.0. The third kappa shape index (κ3) is 3.57. The van der Waals surface area contributed by atoms with Crippen LogP contribution in [0.15, 0.2) is 34.0 Å². The molecule has 2 rings (SSSR count). The van der Waals surface area contributed by atoms with Crippen molar-refractivity contribution < 1.29 is 0 Å². The van der Waals surface area contributed by atoms with Crippen molar-refractivity contribution in [1.29, 1.82) is 0 Å². The highest BCUT2D eigenvalue weighted by Crippen LogP contribution is 2.27. The summed E-state index contributed by atoms with van der Waals surface area (Å²) in [5.41, 5.74) is 3.75. The molecule has 4 heteroatoms. The first kappa shape index (κ1) is 13.6. The van der Waals surface area contributed by atoms with Crippen LogP contribution < -0.4 is 5.32 Å². The maximum atomic E-state index is 4.48. The second-order valence-electron chi connectivity index (χ2n) is 4.32. The first-order valence-electron chi connectivity index (χ1n) is 5.98. The molecule has 0 saturated carbocycles. The number of nitrogens with zero attached hydrogens (tertiary/aromatic N) is 1. The Morgan fingerprint density at radius 2 is 2.00 bits per heavy atom. The number of thiazole rings is 1. The number of hydrogen-bond donors (Lipinski definition) is 1. The van der Waals surface area contributed by atoms with Gasteiger partial charge in [0.2, 0.25) is 0 Å². The number of aromatic nitrogens is 1. The van der Waals surface area contributed by atoms with Gasteiger partial charge in [-0.05, 0) is 26.5 Å². The number of aryl methyl sites for hydroxylation is 2. The number of hydrogen-bond acceptors (Lipinski definition) is 4. The minimum atomic E-state index is 0.375. The zero-order valence-corrected chi connectivity index (χ0v) is 12.6. The Labute approximate surface area is 117 Å². The van der Waals surface area contributed by atoms with Crippen LogP contribution in [-0.2, 0) is 0 Å². The average Bonchev–Trinajstić information content (AvgIpc) is 2.78. The summed E-state index contributed by atoms with van der Waals surface area (Å²) in [5.74, 6) is 1.01. The molecule has 0 radical (unpaired) electrons. The molecule has 0 aliphatic rings. The molecular formula is C14H18N2S2. The highest BCUT2D eigenvalue weighted by molar-refractivity contribution is 8.01. The molecule has 2 aromatic rings. The third-order valence-corrected chi connectivity index (χ3v) is 5.03. The van der Waals surface area contributed by atoms with Crippen molar-refractivity contribution in [3.8, 4) is 0 Å². The smallest absolute Gasteiger partial charge is 0.150 e. The van der Waals surface area contributed by atoms with Gasteiger partial charge in [0.15, 0.2) is 0 Å². The van der Waals surface area contributed by atoms with Gasteiger partial charge in [0, 0.05) is 22.9 Å². The monoisotopic (exact) mass is 278 g/mol. The summed E-state index contributed by atoms with van der Waals surface area (Å²) in [6.45, 7) is 4.15. The molecule has 1 atom stereocenters. The Morgan fingerprint density at radius 3 is 2.56 bits per heavy atom. The van der Waals surface area contributed by atoms with Gasteiger partial charge in [-0.15, -0.1) is 11.3 Å². The summed E-state index contributed by atoms with van der Waals surface area (Å²) >= 11 is 3.54. The van der Waals surface area contributed by atoms with Crippen LogP contribution in [0.4, 0.5) is 0 Å². The summed E-state index contributed by atoms with van der Waals surface area (Å²) in [6.07, 6.45) is 0. The van der Waals surface area contributed by atoms with Crippen LogP contribution in [0.25, 0.3) is 0 Å². The van der Waals surface area contributed by atoms with Gasteiger partial charge in [0.25, 0.3) is 0 Å². The van der Waals surface area contributed by atoms with Gasteiger partial charge in [-0.25, -0.2) is 4.98 Å². The van der Waals surface area contributed by atoms with Crippen molar-refractivity contribution in [2.45, 2.75) is 24.2 Å². The first-order chi connectivity index (χ1) is 8.69. The van der Waals surface area contributed by atoms with Gasteiger partial charge in [0.05, 0.1) is 0 Å². The predicted octanol–water partition coefficient (Wildman–Crippen LogP) is 3.81. The zero-order valence-electron chi connectivity index (χ0n) is 10.9. The molecule has 0 fully saturated rings. The van der Waals surface area contributed by atoms with E-state index in [-0.39, 0.29) is 0 Å². The predicted molar refractivity (Wildman–Crippen MR) is 80.6 cm³/mol. The van der Waals surface area contributed by atoms with E-state index in [4.69, 9.17) is 0 Å². The minimum absolute atomic E-state index is 0.375. The molecule has 0 aliphatic heterocycles. The van der Waals surface area contributed by atoms with Crippen LogP contribution >= 0.6 is 23.1 Å². The van der Waals surface area contributed by atoms with E-state index in [0.29, 0.717) is 6.04 Å². The fourth-order valence-corrected chi connectivity index (χ4v) is 3.72. The van der Waals surface area contributed by atoms with Crippen molar-refractivity contribution in [2.75, 3.05) is 12.8 Å². The van der Waals surface area contributed by atoms with Gasteiger partial charge in [-0.2, -0.15) is 0 Å². The van der Waals surface area contributed by atoms with Crippen molar-refractivity contribution in [2.24, 2.45) is 0 Å². The largest absolute Gasteiger partial charge is 0.312 e. The number of nitrogens with one attached hydrogen (secondary N) is 1. The van der Waals surface area contributed by atoms with Crippen LogP contribution in [0, 0.1) is 13.8 Å². The second-order valence-corrected chi connectivity index (χ2v) is 6.44. The van der Waals surface area contributed by atoms with E-state index in [1.54, 1.807) is 11.3 Å². The quantitative estimate of drug-likeness (QED) is 0.842. The molecule has 1 N–H and O–H groups in total. The normalized spacial score (nSPS) is 12.6. The van der Waals surface area contributed by atoms with Crippen LogP contribution in [0.2, 0.25) is 0 Å². The molecule has 18 heavy (non-hydrogen) atoms. The SMILES string of the molecule is CNC(CSc1nc(C)cs1)c1ccc(C)cc1. The van der Waals surface area contributed by atoms with Crippen molar-refractivity contribution >= 4 is 23.1 Å². The number of thioether (sulfide) groups is 1. The van der Waals surface area contributed by atoms with Gasteiger partial charge < -0.3 is 5.32 Å². The number of rotatable bonds is 5. The van der Waals surface area contributed by atoms with E-state index in [1.165, 1.54) is 11.1 Å². The van der Waals surface area contributed by atoms with Crippen molar-refractivity contribution in [3.63, 3.8) is 0 Å². The second kappa shape index (κ2) is 6.36. The molecule has 1 aromatic carbocycles. The lowest BCUT2D eigenvalue weighted by atomic mass is 10.1. The molecule has 1 heterocycles. The fraction of sp³-hybridized carbons (Fsp3) is 0.357. The van der Waals surface area contributed by atoms with Gasteiger partial charge >= 0.3 is 0 Å². The molecule has 0 saturated heterocycles. The average molecular weight is 278 g/mol. The lowest BCUT2D eigenvalue weighted by Crippen LogP contribution is -2.18. The maximum Gasteiger partial charge on any atom is 0.150 e. The minimum Gasteiger partial charge on any atom is -0.312 e. The van der Waals surface area contributed by atoms with E-state index in [9.17, 15) is 0 Å². The molecule has 1 aromatic heterocycles. The van der Waals surface area contributed by atoms with E-state index in [1.807, 2.05) is 25.7 Å². The van der Waals surface area contributed by atoms with Crippen molar-refractivity contribution in [3.05, 3.63) is 46.5 Å². The van der Waals surface area contributed by atoms with Crippen LogP contribution in [0.1, 0.15) is 22.9 Å². The van der Waals surface area contributed by atoms with E-state index in [0.717, 1.165) is 15.8 Å². The molecule has 0 amide bonds. The summed E-state index contributed by atoms with van der Waals surface area (Å²) in [4.78, 5) is 4.48. The molecule has 96 valence electrons. The summed E-state index contributed by atoms with van der Waals surface area (Å²) < 4.78 is 1.15. The lowest BCUT2D eigenvalue weighted by molar-refractivity contribution is 0.661. The van der Waals surface area contributed by atoms with Crippen LogP contribution in [0.5, 0.6) is 0 Å². The Bertz CT molecular complexity index is 491. The van der Waals surface area contributed by atoms with E-state index in [2.05, 4.69) is 46.9 Å². The maximum absolute atomic E-state index is 4.48. The molecule has 0 bridgehead atoms. The fourth-order valence-electron chi connectivity index (χ4n) is 1.70. The summed E-state index contributed by atoms with van der Waals surface area (Å²) in [5, 5.41) is 5.47. The van der Waals surface area contributed by atoms with Crippen LogP contribution in [-0.4, -0.2) is 17.8 Å². The molecule has 0 spiro atoms. The first-order valence-corrected chi connectivity index (χ1v) is 7.84. The highest BCUT2D eigenvalue weighted by Gasteiger charge is 2.10. The third-order valence-electron chi connectivity index (χ3n) is 2.80. The Hall–Kier alpha value is -0.840. The molecule has 2 nitrogen and oxygen atoms in total. The molecular weight excluding hydrogens is 260 g/mol. The van der Waals surface area contributed by atoms with Crippen LogP contribution in [0.3, 0.4) is 0 Å². The number of benzene rings is 1. The summed E-state index contributed by atoms with van der Waals surface area (Å²) in [6, 6.07) is 9.10. The van der Waals surface area contributed by atoms with Gasteiger partial charge in [0.1, 0.15) is 4.34 Å².